The lowest BCUT2D eigenvalue weighted by Crippen LogP contribution is -2.21. The average molecular weight is 218 g/mol. The van der Waals surface area contributed by atoms with E-state index in [2.05, 4.69) is 36.8 Å². The molecule has 1 aromatic rings. The Labute approximate surface area is 98.8 Å². The molecule has 2 nitrogen and oxygen atoms in total. The Hall–Kier alpha value is -1.15. The van der Waals surface area contributed by atoms with E-state index in [1.165, 1.54) is 12.0 Å². The number of hydrogen-bond donors (Lipinski definition) is 1. The summed E-state index contributed by atoms with van der Waals surface area (Å²) in [5, 5.41) is 3.52. The summed E-state index contributed by atoms with van der Waals surface area (Å²) < 4.78 is 0. The van der Waals surface area contributed by atoms with Crippen LogP contribution < -0.4 is 5.32 Å². The highest BCUT2D eigenvalue weighted by atomic mass is 14.9. The monoisotopic (exact) mass is 218 g/mol. The molecule has 0 bridgehead atoms. The molecule has 0 amide bonds. The van der Waals surface area contributed by atoms with E-state index in [1.807, 2.05) is 18.3 Å². The van der Waals surface area contributed by atoms with Gasteiger partial charge >= 0.3 is 0 Å². The van der Waals surface area contributed by atoms with Crippen molar-refractivity contribution < 1.29 is 0 Å². The van der Waals surface area contributed by atoms with E-state index >= 15 is 0 Å². The maximum atomic E-state index is 4.35. The van der Waals surface area contributed by atoms with Crippen LogP contribution in [0.25, 0.3) is 0 Å². The lowest BCUT2D eigenvalue weighted by Gasteiger charge is -2.19. The second-order valence-electron chi connectivity index (χ2n) is 4.01. The zero-order valence-corrected chi connectivity index (χ0v) is 10.4. The minimum Gasteiger partial charge on any atom is -0.310 e. The largest absolute Gasteiger partial charge is 0.310 e. The Morgan fingerprint density at radius 3 is 3.00 bits per heavy atom. The molecule has 2 heteroatoms. The number of nitrogens with zero attached hydrogens (tertiary/aromatic N) is 1. The third kappa shape index (κ3) is 3.78. The zero-order chi connectivity index (χ0) is 11.8. The van der Waals surface area contributed by atoms with Crippen LogP contribution in [0, 0.1) is 6.92 Å². The van der Waals surface area contributed by atoms with Crippen molar-refractivity contribution in [2.45, 2.75) is 39.2 Å². The summed E-state index contributed by atoms with van der Waals surface area (Å²) in [5.41, 5.74) is 2.46. The molecule has 1 unspecified atom stereocenters. The van der Waals surface area contributed by atoms with Gasteiger partial charge in [0.05, 0.1) is 0 Å². The van der Waals surface area contributed by atoms with Crippen LogP contribution in [0.15, 0.2) is 31.0 Å². The summed E-state index contributed by atoms with van der Waals surface area (Å²) in [5.74, 6) is 0. The van der Waals surface area contributed by atoms with Gasteiger partial charge in [-0.25, -0.2) is 0 Å². The summed E-state index contributed by atoms with van der Waals surface area (Å²) in [6, 6.07) is 4.61. The van der Waals surface area contributed by atoms with Gasteiger partial charge in [0.15, 0.2) is 0 Å². The van der Waals surface area contributed by atoms with Gasteiger partial charge in [0.25, 0.3) is 0 Å². The van der Waals surface area contributed by atoms with E-state index in [-0.39, 0.29) is 0 Å². The highest BCUT2D eigenvalue weighted by molar-refractivity contribution is 5.22. The number of rotatable bonds is 7. The van der Waals surface area contributed by atoms with Crippen molar-refractivity contribution >= 4 is 0 Å². The van der Waals surface area contributed by atoms with E-state index < -0.39 is 0 Å². The van der Waals surface area contributed by atoms with Crippen LogP contribution >= 0.6 is 0 Å². The lowest BCUT2D eigenvalue weighted by atomic mass is 10.00. The number of nitrogens with one attached hydrogen (secondary N) is 1. The smallest absolute Gasteiger partial charge is 0.0420 e. The summed E-state index contributed by atoms with van der Waals surface area (Å²) in [7, 11) is 0. The number of aromatic nitrogens is 1. The van der Waals surface area contributed by atoms with Gasteiger partial charge in [-0.05, 0) is 44.4 Å². The Morgan fingerprint density at radius 1 is 1.56 bits per heavy atom. The first kappa shape index (κ1) is 12.9. The molecule has 0 radical (unpaired) electrons. The molecular weight excluding hydrogens is 196 g/mol. The van der Waals surface area contributed by atoms with Crippen molar-refractivity contribution in [3.8, 4) is 0 Å². The molecule has 16 heavy (non-hydrogen) atoms. The first-order chi connectivity index (χ1) is 7.79. The van der Waals surface area contributed by atoms with Gasteiger partial charge in [0, 0.05) is 17.9 Å². The van der Waals surface area contributed by atoms with Gasteiger partial charge in [-0.15, -0.1) is 6.58 Å². The van der Waals surface area contributed by atoms with E-state index in [9.17, 15) is 0 Å². The van der Waals surface area contributed by atoms with E-state index in [0.29, 0.717) is 6.04 Å². The molecule has 0 fully saturated rings. The normalized spacial score (nSPS) is 12.4. The Kier molecular flexibility index (Phi) is 5.79. The van der Waals surface area contributed by atoms with Crippen molar-refractivity contribution in [2.75, 3.05) is 6.54 Å². The lowest BCUT2D eigenvalue weighted by molar-refractivity contribution is 0.497. The molecule has 0 aliphatic heterocycles. The standard InChI is InChI=1S/C14H22N2/c1-4-6-7-10-14(15-5-2)13-9-8-11-16-12(13)3/h4,8-9,11,14-15H,1,5-7,10H2,2-3H3. The van der Waals surface area contributed by atoms with Crippen LogP contribution in [-0.2, 0) is 0 Å². The van der Waals surface area contributed by atoms with Gasteiger partial charge in [-0.3, -0.25) is 4.98 Å². The van der Waals surface area contributed by atoms with Gasteiger partial charge in [-0.1, -0.05) is 19.1 Å². The average Bonchev–Trinajstić information content (AvgIpc) is 2.29. The quantitative estimate of drug-likeness (QED) is 0.560. The van der Waals surface area contributed by atoms with Gasteiger partial charge in [-0.2, -0.15) is 0 Å². The fraction of sp³-hybridized carbons (Fsp3) is 0.500. The van der Waals surface area contributed by atoms with Gasteiger partial charge < -0.3 is 5.32 Å². The van der Waals surface area contributed by atoms with Crippen LogP contribution in [0.5, 0.6) is 0 Å². The van der Waals surface area contributed by atoms with E-state index in [4.69, 9.17) is 0 Å². The van der Waals surface area contributed by atoms with Gasteiger partial charge in [0.2, 0.25) is 0 Å². The summed E-state index contributed by atoms with van der Waals surface area (Å²) in [4.78, 5) is 4.35. The number of aryl methyl sites for hydroxylation is 1. The molecule has 0 saturated carbocycles. The van der Waals surface area contributed by atoms with Crippen LogP contribution in [-0.4, -0.2) is 11.5 Å². The first-order valence-corrected chi connectivity index (χ1v) is 6.05. The van der Waals surface area contributed by atoms with Crippen molar-refractivity contribution in [2.24, 2.45) is 0 Å². The maximum absolute atomic E-state index is 4.35. The number of hydrogen-bond acceptors (Lipinski definition) is 2. The second-order valence-corrected chi connectivity index (χ2v) is 4.01. The predicted octanol–water partition coefficient (Wildman–Crippen LogP) is 3.40. The van der Waals surface area contributed by atoms with Crippen LogP contribution in [0.4, 0.5) is 0 Å². The third-order valence-corrected chi connectivity index (χ3v) is 2.77. The maximum Gasteiger partial charge on any atom is 0.0420 e. The molecule has 0 saturated heterocycles. The molecule has 0 aliphatic carbocycles. The molecule has 0 aromatic carbocycles. The SMILES string of the molecule is C=CCCCC(NCC)c1cccnc1C. The highest BCUT2D eigenvalue weighted by Gasteiger charge is 2.11. The molecule has 1 heterocycles. The van der Waals surface area contributed by atoms with Crippen molar-refractivity contribution in [1.82, 2.24) is 10.3 Å². The molecule has 0 aliphatic rings. The van der Waals surface area contributed by atoms with Crippen molar-refractivity contribution in [3.63, 3.8) is 0 Å². The molecule has 1 atom stereocenters. The van der Waals surface area contributed by atoms with Crippen LogP contribution in [0.1, 0.15) is 43.5 Å². The molecule has 1 rings (SSSR count). The topological polar surface area (TPSA) is 24.9 Å². The predicted molar refractivity (Wildman–Crippen MR) is 69.4 cm³/mol. The molecule has 0 spiro atoms. The Bertz CT molecular complexity index is 320. The minimum atomic E-state index is 0.429. The van der Waals surface area contributed by atoms with E-state index in [0.717, 1.165) is 25.1 Å². The fourth-order valence-electron chi connectivity index (χ4n) is 1.95. The number of unbranched alkanes of at least 4 members (excludes halogenated alkanes) is 1. The van der Waals surface area contributed by atoms with E-state index in [1.54, 1.807) is 0 Å². The van der Waals surface area contributed by atoms with Gasteiger partial charge in [0.1, 0.15) is 0 Å². The second kappa shape index (κ2) is 7.18. The van der Waals surface area contributed by atoms with Crippen molar-refractivity contribution in [3.05, 3.63) is 42.2 Å². The van der Waals surface area contributed by atoms with Crippen molar-refractivity contribution in [1.29, 1.82) is 0 Å². The molecule has 88 valence electrons. The summed E-state index contributed by atoms with van der Waals surface area (Å²) in [6.07, 6.45) is 7.24. The number of allylic oxidation sites excluding steroid dienone is 1. The highest BCUT2D eigenvalue weighted by Crippen LogP contribution is 2.21. The zero-order valence-electron chi connectivity index (χ0n) is 10.4. The number of pyridine rings is 1. The molecule has 1 N–H and O–H groups in total. The molecular formula is C14H22N2. The third-order valence-electron chi connectivity index (χ3n) is 2.77. The first-order valence-electron chi connectivity index (χ1n) is 6.05. The van der Waals surface area contributed by atoms with Crippen LogP contribution in [0.2, 0.25) is 0 Å². The Balaban J connectivity index is 2.68. The fourth-order valence-corrected chi connectivity index (χ4v) is 1.95. The summed E-state index contributed by atoms with van der Waals surface area (Å²) >= 11 is 0. The molecule has 1 aromatic heterocycles. The minimum absolute atomic E-state index is 0.429. The Morgan fingerprint density at radius 2 is 2.38 bits per heavy atom. The summed E-state index contributed by atoms with van der Waals surface area (Å²) in [6.45, 7) is 8.98. The van der Waals surface area contributed by atoms with Crippen LogP contribution in [0.3, 0.4) is 0 Å².